The molecule has 18 heteroatoms. The first-order valence-corrected chi connectivity index (χ1v) is 15.0. The van der Waals surface area contributed by atoms with Crippen LogP contribution in [0.5, 0.6) is 0 Å². The van der Waals surface area contributed by atoms with E-state index < -0.39 is 17.6 Å². The zero-order valence-electron chi connectivity index (χ0n) is 15.8. The van der Waals surface area contributed by atoms with Crippen molar-refractivity contribution in [3.8, 4) is 11.1 Å². The number of hydrogen-bond acceptors (Lipinski definition) is 0. The van der Waals surface area contributed by atoms with Gasteiger partial charge in [0.15, 0.2) is 0 Å². The summed E-state index contributed by atoms with van der Waals surface area (Å²) in [7, 11) is 0. The van der Waals surface area contributed by atoms with Gasteiger partial charge in [0.2, 0.25) is 7.59 Å². The van der Waals surface area contributed by atoms with Crippen molar-refractivity contribution >= 4 is 219 Å². The summed E-state index contributed by atoms with van der Waals surface area (Å²) in [4.78, 5) is 0. The van der Waals surface area contributed by atoms with Crippen molar-refractivity contribution in [1.82, 2.24) is 0 Å². The predicted molar refractivity (Wildman–Crippen MR) is 170 cm³/mol. The number of alkyl halides is 6. The molecule has 0 bridgehead atoms. The highest BCUT2D eigenvalue weighted by atomic mass is 35.6. The van der Waals surface area contributed by atoms with E-state index in [1.54, 1.807) is 0 Å². The van der Waals surface area contributed by atoms with E-state index in [0.717, 1.165) is 0 Å². The van der Waals surface area contributed by atoms with Crippen molar-refractivity contribution in [2.45, 2.75) is 7.59 Å². The minimum absolute atomic E-state index is 0.0792. The highest BCUT2D eigenvalue weighted by Crippen LogP contribution is 2.57. The van der Waals surface area contributed by atoms with Crippen LogP contribution in [0.1, 0.15) is 11.1 Å². The maximum Gasteiger partial charge on any atom is 0.227 e. The van der Waals surface area contributed by atoms with E-state index in [1.165, 1.54) is 0 Å². The van der Waals surface area contributed by atoms with E-state index >= 15 is 0 Å². The molecule has 0 saturated heterocycles. The predicted octanol–water partition coefficient (Wildman–Crippen LogP) is 15.6. The van der Waals surface area contributed by atoms with Crippen molar-refractivity contribution in [1.29, 1.82) is 0 Å². The monoisotopic (exact) mass is 845 g/mol. The van der Waals surface area contributed by atoms with E-state index in [9.17, 15) is 0 Å². The fourth-order valence-electron chi connectivity index (χ4n) is 2.56. The van der Waals surface area contributed by atoms with Crippen LogP contribution in [-0.2, 0) is 0 Å². The summed E-state index contributed by atoms with van der Waals surface area (Å²) in [6.45, 7) is 0. The van der Waals surface area contributed by atoms with Crippen LogP contribution in [0.3, 0.4) is 0 Å². The van der Waals surface area contributed by atoms with E-state index in [0.29, 0.717) is 0 Å². The molecule has 0 aliphatic heterocycles. The van der Waals surface area contributed by atoms with E-state index in [4.69, 9.17) is 209 Å². The second kappa shape index (κ2) is 13.2. The molecule has 0 N–H and O–H groups in total. The molecule has 0 nitrogen and oxygen atoms in total. The lowest BCUT2D eigenvalue weighted by molar-refractivity contribution is 1.42. The first-order valence-electron chi connectivity index (χ1n) is 8.15. The molecule has 36 heavy (non-hydrogen) atoms. The topological polar surface area (TPSA) is 0 Å². The average molecular weight is 854 g/mol. The Labute approximate surface area is 295 Å². The number of allylic oxidation sites excluding steroid dienone is 2. The smallest absolute Gasteiger partial charge is 0.0828 e. The lowest BCUT2D eigenvalue weighted by atomic mass is 10.0. The second-order valence-electron chi connectivity index (χ2n) is 6.26. The van der Waals surface area contributed by atoms with Gasteiger partial charge in [-0.25, -0.2) is 0 Å². The standard InChI is InChI=1S/C18Cl18/c19-5-1(6(20)10(24)3(9(5)23)13(27)15(29)17(31,32)33)2-7(21)11(25)4(12(26)8(2)22)14(28)16(30)18(34,35)36. The van der Waals surface area contributed by atoms with E-state index in [2.05, 4.69) is 0 Å². The van der Waals surface area contributed by atoms with Gasteiger partial charge < -0.3 is 0 Å². The first kappa shape index (κ1) is 35.3. The molecule has 2 rings (SSSR count). The van der Waals surface area contributed by atoms with Crippen LogP contribution in [-0.4, -0.2) is 7.59 Å². The third-order valence-corrected chi connectivity index (χ3v) is 11.1. The van der Waals surface area contributed by atoms with Crippen molar-refractivity contribution in [3.63, 3.8) is 0 Å². The van der Waals surface area contributed by atoms with Crippen LogP contribution in [0.4, 0.5) is 0 Å². The Kier molecular flexibility index (Phi) is 13.0. The van der Waals surface area contributed by atoms with Crippen molar-refractivity contribution < 1.29 is 0 Å². The summed E-state index contributed by atoms with van der Waals surface area (Å²) in [6.07, 6.45) is 0. The number of halogens is 18. The number of hydrogen-bond donors (Lipinski definition) is 0. The average Bonchev–Trinajstić information content (AvgIpc) is 2.76. The van der Waals surface area contributed by atoms with Gasteiger partial charge in [-0.3, -0.25) is 0 Å². The highest BCUT2D eigenvalue weighted by molar-refractivity contribution is 6.76. The molecule has 0 aliphatic rings. The number of rotatable bonds is 3. The van der Waals surface area contributed by atoms with Gasteiger partial charge in [0, 0.05) is 22.3 Å². The van der Waals surface area contributed by atoms with Gasteiger partial charge in [0.05, 0.1) is 60.3 Å². The van der Waals surface area contributed by atoms with Crippen LogP contribution < -0.4 is 0 Å². The van der Waals surface area contributed by atoms with E-state index in [-0.39, 0.29) is 72.5 Å². The Hall–Kier alpha value is 3.14. The summed E-state index contributed by atoms with van der Waals surface area (Å²) in [5.41, 5.74) is -0.442. The molecule has 0 saturated carbocycles. The van der Waals surface area contributed by atoms with Gasteiger partial charge in [0.25, 0.3) is 0 Å². The lowest BCUT2D eigenvalue weighted by Gasteiger charge is -2.21. The van der Waals surface area contributed by atoms with Crippen molar-refractivity contribution in [3.05, 3.63) is 61.4 Å². The zero-order valence-corrected chi connectivity index (χ0v) is 29.4. The molecule has 2 aromatic carbocycles. The molecule has 0 unspecified atom stereocenters. The second-order valence-corrected chi connectivity index (χ2v) is 15.4. The molecule has 0 heterocycles. The fourth-order valence-corrected chi connectivity index (χ4v) is 6.92. The third kappa shape index (κ3) is 7.02. The van der Waals surface area contributed by atoms with Gasteiger partial charge in [-0.2, -0.15) is 0 Å². The molecule has 0 fully saturated rings. The van der Waals surface area contributed by atoms with Crippen LogP contribution >= 0.6 is 209 Å². The van der Waals surface area contributed by atoms with Gasteiger partial charge in [-0.15, -0.1) is 0 Å². The summed E-state index contributed by atoms with van der Waals surface area (Å²) >= 11 is 111. The van der Waals surface area contributed by atoms with Gasteiger partial charge in [0.1, 0.15) is 0 Å². The van der Waals surface area contributed by atoms with Crippen LogP contribution in [0.25, 0.3) is 21.2 Å². The molecule has 0 radical (unpaired) electrons. The summed E-state index contributed by atoms with van der Waals surface area (Å²) in [5, 5.41) is -3.51. The van der Waals surface area contributed by atoms with Crippen molar-refractivity contribution in [2.24, 2.45) is 0 Å². The Bertz CT molecular complexity index is 1150. The summed E-state index contributed by atoms with van der Waals surface area (Å²) < 4.78 is -4.24. The van der Waals surface area contributed by atoms with E-state index in [1.807, 2.05) is 0 Å². The van der Waals surface area contributed by atoms with Crippen LogP contribution in [0, 0.1) is 0 Å². The Morgan fingerprint density at radius 3 is 0.722 bits per heavy atom. The molecule has 0 amide bonds. The molecule has 0 aliphatic carbocycles. The molecule has 0 atom stereocenters. The maximum absolute atomic E-state index is 6.52. The van der Waals surface area contributed by atoms with Gasteiger partial charge >= 0.3 is 0 Å². The largest absolute Gasteiger partial charge is 0.227 e. The summed E-state index contributed by atoms with van der Waals surface area (Å²) in [5.74, 6) is 0. The Morgan fingerprint density at radius 1 is 0.361 bits per heavy atom. The van der Waals surface area contributed by atoms with Gasteiger partial charge in [-0.05, 0) is 0 Å². The lowest BCUT2D eigenvalue weighted by Crippen LogP contribution is -2.05. The SMILES string of the molecule is ClC(=C(Cl)C(Cl)(Cl)Cl)c1c(Cl)c(Cl)c(-c2c(Cl)c(Cl)c(C(Cl)=C(Cl)C(Cl)(Cl)Cl)c(Cl)c2Cl)c(Cl)c1Cl. The molecule has 0 aromatic heterocycles. The minimum atomic E-state index is -2.12. The first-order chi connectivity index (χ1) is 16.2. The quantitative estimate of drug-likeness (QED) is 0.213. The van der Waals surface area contributed by atoms with Crippen molar-refractivity contribution in [2.75, 3.05) is 0 Å². The molecular formula is C18Cl18. The summed E-state index contributed by atoms with van der Waals surface area (Å²) in [6, 6.07) is 0. The van der Waals surface area contributed by atoms with Crippen LogP contribution in [0.2, 0.25) is 40.2 Å². The minimum Gasteiger partial charge on any atom is -0.0828 e. The highest BCUT2D eigenvalue weighted by Gasteiger charge is 2.35. The normalized spacial score (nSPS) is 14.2. The van der Waals surface area contributed by atoms with Crippen LogP contribution in [0.15, 0.2) is 10.1 Å². The maximum atomic E-state index is 6.52. The molecule has 198 valence electrons. The fraction of sp³-hybridized carbons (Fsp3) is 0.111. The zero-order chi connectivity index (χ0) is 28.2. The molecule has 0 spiro atoms. The number of benzene rings is 2. The Morgan fingerprint density at radius 2 is 0.556 bits per heavy atom. The molecule has 2 aromatic rings. The Balaban J connectivity index is 3.02. The third-order valence-electron chi connectivity index (χ3n) is 4.10. The molecular weight excluding hydrogens is 854 g/mol. The van der Waals surface area contributed by atoms with Gasteiger partial charge in [-0.1, -0.05) is 209 Å².